The van der Waals surface area contributed by atoms with Crippen LogP contribution in [0.1, 0.15) is 79.1 Å². The molecule has 0 saturated carbocycles. The number of aliphatic hydroxyl groups is 2. The van der Waals surface area contributed by atoms with Gasteiger partial charge in [0, 0.05) is 11.5 Å². The maximum atomic E-state index is 14.1. The highest BCUT2D eigenvalue weighted by Crippen LogP contribution is 2.29. The minimum Gasteiger partial charge on any atom is -0.460 e. The lowest BCUT2D eigenvalue weighted by Crippen LogP contribution is -2.43. The van der Waals surface area contributed by atoms with Gasteiger partial charge in [-0.2, -0.15) is 0 Å². The molecular weight excluding hydrogens is 1330 g/mol. The zero-order valence-electron chi connectivity index (χ0n) is 55.7. The second-order valence-corrected chi connectivity index (χ2v) is 26.4. The topological polar surface area (TPSA) is 417 Å². The molecule has 28 nitrogen and oxygen atoms in total. The van der Waals surface area contributed by atoms with Crippen molar-refractivity contribution in [2.24, 2.45) is 38.5 Å². The highest BCUT2D eigenvalue weighted by Gasteiger charge is 2.45. The van der Waals surface area contributed by atoms with Crippen LogP contribution in [-0.4, -0.2) is 141 Å². The van der Waals surface area contributed by atoms with Crippen molar-refractivity contribution in [2.45, 2.75) is 86.1 Å². The van der Waals surface area contributed by atoms with E-state index < -0.39 is 148 Å². The number of amidine groups is 2. The molecule has 30 heteroatoms. The van der Waals surface area contributed by atoms with Crippen molar-refractivity contribution in [2.75, 3.05) is 66.1 Å². The van der Waals surface area contributed by atoms with Crippen molar-refractivity contribution < 1.29 is 126 Å². The number of rotatable bonds is 37. The van der Waals surface area contributed by atoms with E-state index >= 15 is 0 Å². The summed E-state index contributed by atoms with van der Waals surface area (Å²) in [5.41, 5.74) is 7.03. The van der Waals surface area contributed by atoms with Crippen molar-refractivity contribution in [3.8, 4) is 0 Å². The van der Waals surface area contributed by atoms with Crippen LogP contribution in [0.3, 0.4) is 0 Å². The Bertz CT molecular complexity index is 3340. The van der Waals surface area contributed by atoms with Crippen molar-refractivity contribution in [3.63, 3.8) is 0 Å². The van der Waals surface area contributed by atoms with Crippen LogP contribution in [0.4, 0.5) is 19.2 Å². The number of hydrogen-bond donors (Lipinski definition) is 6. The smallest absolute Gasteiger partial charge is 0.460 e. The predicted octanol–water partition coefficient (Wildman–Crippen LogP) is 5.25. The van der Waals surface area contributed by atoms with E-state index in [4.69, 9.17) is 83.9 Å². The molecule has 0 fully saturated rings. The SMILES string of the molecule is Cc1ccc(COC(=O)C(C)(COC(=O)OCC(C)(COC(=O)OCC(C)(CO)C(=O)OCc2ccccc2)C(=O)OCc2ccc(CSC(N)=[NH2+])cc2)COC(=O)OCC(C)(COC(=O)OCC(C)(CO)C(=O)OCc2ccccc2)C(=O)OCc2ccc(CSC(N)=[NH2+])cc2)cc1. The van der Waals surface area contributed by atoms with E-state index in [0.717, 1.165) is 16.7 Å². The number of nitrogens with two attached hydrogens (primary N) is 4. The third-order valence-electron chi connectivity index (χ3n) is 14.7. The second-order valence-electron chi connectivity index (χ2n) is 24.3. The Morgan fingerprint density at radius 3 is 0.758 bits per heavy atom. The molecule has 0 saturated heterocycles. The van der Waals surface area contributed by atoms with Crippen LogP contribution in [0.5, 0.6) is 0 Å². The van der Waals surface area contributed by atoms with Crippen LogP contribution in [0.2, 0.25) is 0 Å². The third-order valence-corrected chi connectivity index (χ3v) is 16.4. The second kappa shape index (κ2) is 38.9. The lowest BCUT2D eigenvalue weighted by molar-refractivity contribution is -0.165. The van der Waals surface area contributed by atoms with Gasteiger partial charge in [0.15, 0.2) is 0 Å². The minimum atomic E-state index is -2.08. The Labute approximate surface area is 580 Å². The first-order chi connectivity index (χ1) is 47.0. The predicted molar refractivity (Wildman–Crippen MR) is 355 cm³/mol. The Morgan fingerprint density at radius 2 is 0.525 bits per heavy atom. The summed E-state index contributed by atoms with van der Waals surface area (Å²) in [6.07, 6.45) is -5.83. The van der Waals surface area contributed by atoms with Gasteiger partial charge < -0.3 is 71.8 Å². The molecule has 0 spiro atoms. The lowest BCUT2D eigenvalue weighted by Gasteiger charge is -2.29. The monoisotopic (exact) mass is 1420 g/mol. The maximum absolute atomic E-state index is 14.1. The molecule has 0 aliphatic rings. The highest BCUT2D eigenvalue weighted by molar-refractivity contribution is 8.13. The summed E-state index contributed by atoms with van der Waals surface area (Å²) in [5, 5.41) is 31.8. The highest BCUT2D eigenvalue weighted by atomic mass is 32.2. The largest absolute Gasteiger partial charge is 0.508 e. The fourth-order valence-corrected chi connectivity index (χ4v) is 9.03. The van der Waals surface area contributed by atoms with Gasteiger partial charge >= 0.3 is 54.5 Å². The number of aliphatic hydroxyl groups excluding tert-OH is 2. The number of carbonyl (C=O) groups excluding carboxylic acids is 9. The maximum Gasteiger partial charge on any atom is 0.508 e. The molecule has 0 amide bonds. The van der Waals surface area contributed by atoms with Crippen LogP contribution in [0, 0.1) is 34.0 Å². The number of esters is 5. The zero-order valence-corrected chi connectivity index (χ0v) is 57.4. The molecule has 5 aromatic rings. The van der Waals surface area contributed by atoms with Gasteiger partial charge in [-0.1, -0.05) is 139 Å². The van der Waals surface area contributed by atoms with Crippen LogP contribution < -0.4 is 22.3 Å². The van der Waals surface area contributed by atoms with Gasteiger partial charge in [0.05, 0.1) is 13.2 Å². The van der Waals surface area contributed by atoms with Crippen LogP contribution in [0.25, 0.3) is 0 Å². The first kappa shape index (κ1) is 79.8. The van der Waals surface area contributed by atoms with E-state index in [2.05, 4.69) is 0 Å². The Balaban J connectivity index is 1.29. The summed E-state index contributed by atoms with van der Waals surface area (Å²) >= 11 is 2.42. The summed E-state index contributed by atoms with van der Waals surface area (Å²) in [7, 11) is 0. The summed E-state index contributed by atoms with van der Waals surface area (Å²) in [5.74, 6) is -4.07. The first-order valence-electron chi connectivity index (χ1n) is 30.6. The summed E-state index contributed by atoms with van der Waals surface area (Å²) in [4.78, 5) is 122. The Hall–Kier alpha value is -9.91. The summed E-state index contributed by atoms with van der Waals surface area (Å²) in [6.45, 7) is -1.65. The number of carbonyl (C=O) groups is 9. The van der Waals surface area contributed by atoms with E-state index in [1.165, 1.54) is 58.1 Å². The number of ether oxygens (including phenoxy) is 13. The molecule has 5 aromatic carbocycles. The van der Waals surface area contributed by atoms with Crippen LogP contribution in [0.15, 0.2) is 133 Å². The molecule has 0 aliphatic heterocycles. The molecule has 0 aliphatic carbocycles. The van der Waals surface area contributed by atoms with E-state index in [1.54, 1.807) is 133 Å². The number of benzene rings is 5. The van der Waals surface area contributed by atoms with Gasteiger partial charge in [-0.05, 0) is 104 Å². The van der Waals surface area contributed by atoms with E-state index in [-0.39, 0.29) is 43.4 Å². The molecule has 5 rings (SSSR count). The molecular formula is C69H84N4O24S2+2. The quantitative estimate of drug-likeness (QED) is 0.0128. The van der Waals surface area contributed by atoms with Crippen molar-refractivity contribution in [1.82, 2.24) is 0 Å². The standard InChI is InChI=1S/C69H82N4O24S2/c1-46-17-19-49(20-18-46)31-87-56(78)69(6,44-96-63(83)94-42-67(4,57(79)88-32-50-21-25-52(26-22-50)34-98-59(70)71)40-92-61(81)90-38-65(2,36-74)54(76)85-29-47-13-9-7-10-14-47)45-97-64(84)95-43-68(5,58(80)89-33-51-23-27-53(28-24-51)35-99-60(72)73)41-93-62(82)91-39-66(3,37-75)55(77)86-30-48-15-11-8-12-16-48/h7-28,74-75H,29-45H2,1-6H3,(H3,70,71)(H3,72,73)/p+2. The van der Waals surface area contributed by atoms with Gasteiger partial charge in [-0.25, -0.2) is 19.2 Å². The average Bonchev–Trinajstić information content (AvgIpc) is 0.904. The zero-order chi connectivity index (χ0) is 72.7. The van der Waals surface area contributed by atoms with E-state index in [1.807, 2.05) is 6.92 Å². The fourth-order valence-electron chi connectivity index (χ4n) is 7.97. The summed E-state index contributed by atoms with van der Waals surface area (Å²) < 4.78 is 70.2. The third kappa shape index (κ3) is 27.1. The van der Waals surface area contributed by atoms with Crippen LogP contribution in [-0.2, 0) is 130 Å². The number of aryl methyl sites for hydroxylation is 1. The molecule has 4 atom stereocenters. The van der Waals surface area contributed by atoms with E-state index in [0.29, 0.717) is 39.3 Å². The van der Waals surface area contributed by atoms with Crippen molar-refractivity contribution >= 4 is 88.3 Å². The molecule has 0 radical (unpaired) electrons. The molecule has 10 N–H and O–H groups in total. The van der Waals surface area contributed by atoms with E-state index in [9.17, 15) is 53.4 Å². The van der Waals surface area contributed by atoms with Gasteiger partial charge in [0.1, 0.15) is 113 Å². The van der Waals surface area contributed by atoms with Crippen LogP contribution >= 0.6 is 23.5 Å². The molecule has 0 aromatic heterocycles. The molecule has 99 heavy (non-hydrogen) atoms. The number of hydrogen-bond acceptors (Lipinski definition) is 26. The van der Waals surface area contributed by atoms with Gasteiger partial charge in [0.2, 0.25) is 0 Å². The van der Waals surface area contributed by atoms with Crippen molar-refractivity contribution in [1.29, 1.82) is 0 Å². The molecule has 0 bridgehead atoms. The average molecular weight is 1420 g/mol. The molecule has 534 valence electrons. The van der Waals surface area contributed by atoms with Gasteiger partial charge in [-0.15, -0.1) is 0 Å². The Kier molecular flexibility index (Phi) is 31.3. The molecule has 4 unspecified atom stereocenters. The normalized spacial score (nSPS) is 13.9. The van der Waals surface area contributed by atoms with Gasteiger partial charge in [0.25, 0.3) is 10.3 Å². The lowest BCUT2D eigenvalue weighted by atomic mass is 9.93. The Morgan fingerprint density at radius 1 is 0.323 bits per heavy atom. The summed E-state index contributed by atoms with van der Waals surface area (Å²) in [6, 6.07) is 38.0. The number of thioether (sulfide) groups is 2. The minimum absolute atomic E-state index is 0.143. The first-order valence-corrected chi connectivity index (χ1v) is 32.5. The molecule has 0 heterocycles. The van der Waals surface area contributed by atoms with Gasteiger partial charge in [-0.3, -0.25) is 46.3 Å². The van der Waals surface area contributed by atoms with Crippen molar-refractivity contribution in [3.05, 3.63) is 178 Å². The fraction of sp³-hybridized carbons (Fsp3) is 0.406.